The third kappa shape index (κ3) is 2.02. The first-order chi connectivity index (χ1) is 9.06. The number of piperazine rings is 1. The molecule has 3 rings (SSSR count). The van der Waals surface area contributed by atoms with E-state index < -0.39 is 23.6 Å². The largest absolute Gasteiger partial charge is 0.293 e. The maximum absolute atomic E-state index is 13.3. The van der Waals surface area contributed by atoms with Gasteiger partial charge in [-0.3, -0.25) is 19.8 Å². The number of nitrogens with one attached hydrogen (secondary N) is 1. The van der Waals surface area contributed by atoms with Gasteiger partial charge in [0, 0.05) is 12.6 Å². The van der Waals surface area contributed by atoms with Gasteiger partial charge in [-0.25, -0.2) is 8.78 Å². The molecule has 2 amide bonds. The predicted octanol–water partition coefficient (Wildman–Crippen LogP) is 1.13. The van der Waals surface area contributed by atoms with Crippen molar-refractivity contribution in [2.45, 2.75) is 24.9 Å². The lowest BCUT2D eigenvalue weighted by atomic mass is 10.00. The van der Waals surface area contributed by atoms with Crippen LogP contribution in [0.4, 0.5) is 8.78 Å². The van der Waals surface area contributed by atoms with Crippen molar-refractivity contribution in [1.29, 1.82) is 0 Å². The topological polar surface area (TPSA) is 49.4 Å². The van der Waals surface area contributed by atoms with Gasteiger partial charge in [-0.15, -0.1) is 0 Å². The maximum Gasteiger partial charge on any atom is 0.248 e. The summed E-state index contributed by atoms with van der Waals surface area (Å²) < 4.78 is 26.5. The van der Waals surface area contributed by atoms with E-state index in [1.54, 1.807) is 4.90 Å². The van der Waals surface area contributed by atoms with Crippen LogP contribution in [0.15, 0.2) is 18.2 Å². The Hall–Kier alpha value is -1.82. The molecule has 2 heterocycles. The summed E-state index contributed by atoms with van der Waals surface area (Å²) in [7, 11) is 0. The Morgan fingerprint density at radius 1 is 1.11 bits per heavy atom. The van der Waals surface area contributed by atoms with Gasteiger partial charge in [-0.05, 0) is 30.5 Å². The number of carbonyl (C=O) groups excluding carboxylic acids is 2. The Bertz CT molecular complexity index is 541. The molecule has 0 aliphatic carbocycles. The molecule has 2 atom stereocenters. The fourth-order valence-corrected chi connectivity index (χ4v) is 2.88. The number of nitrogens with zero attached hydrogens (tertiary/aromatic N) is 1. The molecule has 4 nitrogen and oxygen atoms in total. The molecule has 0 saturated carbocycles. The van der Waals surface area contributed by atoms with E-state index in [4.69, 9.17) is 0 Å². The molecule has 0 unspecified atom stereocenters. The van der Waals surface area contributed by atoms with E-state index in [9.17, 15) is 18.4 Å². The van der Waals surface area contributed by atoms with Gasteiger partial charge < -0.3 is 0 Å². The van der Waals surface area contributed by atoms with Crippen molar-refractivity contribution >= 4 is 11.8 Å². The van der Waals surface area contributed by atoms with E-state index in [1.807, 2.05) is 0 Å². The fraction of sp³-hybridized carbons (Fsp3) is 0.385. The number of hydrogen-bond acceptors (Lipinski definition) is 3. The van der Waals surface area contributed by atoms with Crippen LogP contribution >= 0.6 is 0 Å². The van der Waals surface area contributed by atoms with E-state index in [0.29, 0.717) is 13.0 Å². The second-order valence-corrected chi connectivity index (χ2v) is 4.85. The average Bonchev–Trinajstić information content (AvgIpc) is 2.76. The number of carbonyl (C=O) groups is 2. The molecule has 6 heteroatoms. The molecule has 1 aromatic rings. The lowest BCUT2D eigenvalue weighted by Crippen LogP contribution is -2.56. The zero-order valence-corrected chi connectivity index (χ0v) is 10.0. The van der Waals surface area contributed by atoms with Crippen LogP contribution < -0.4 is 5.32 Å². The van der Waals surface area contributed by atoms with Crippen molar-refractivity contribution in [3.63, 3.8) is 0 Å². The van der Waals surface area contributed by atoms with E-state index >= 15 is 0 Å². The maximum atomic E-state index is 13.3. The van der Waals surface area contributed by atoms with Gasteiger partial charge in [0.15, 0.2) is 0 Å². The van der Waals surface area contributed by atoms with Crippen LogP contribution in [0.25, 0.3) is 0 Å². The van der Waals surface area contributed by atoms with Crippen molar-refractivity contribution in [1.82, 2.24) is 10.2 Å². The van der Waals surface area contributed by atoms with E-state index in [0.717, 1.165) is 24.6 Å². The van der Waals surface area contributed by atoms with Crippen LogP contribution in [0.3, 0.4) is 0 Å². The summed E-state index contributed by atoms with van der Waals surface area (Å²) in [5, 5.41) is 2.27. The number of benzene rings is 1. The highest BCUT2D eigenvalue weighted by molar-refractivity contribution is 6.03. The van der Waals surface area contributed by atoms with Crippen LogP contribution in [0.5, 0.6) is 0 Å². The number of rotatable bonds is 1. The SMILES string of the molecule is O=C1NC(=O)[C@@H]2CCCN2[C@H]1c1cc(F)cc(F)c1. The summed E-state index contributed by atoms with van der Waals surface area (Å²) in [6, 6.07) is 1.86. The van der Waals surface area contributed by atoms with Crippen molar-refractivity contribution in [2.24, 2.45) is 0 Å². The van der Waals surface area contributed by atoms with Crippen molar-refractivity contribution < 1.29 is 18.4 Å². The third-order valence-corrected chi connectivity index (χ3v) is 3.62. The zero-order chi connectivity index (χ0) is 13.6. The van der Waals surface area contributed by atoms with Crippen molar-refractivity contribution in [3.8, 4) is 0 Å². The number of hydrogen-bond donors (Lipinski definition) is 1. The summed E-state index contributed by atoms with van der Waals surface area (Å²) in [4.78, 5) is 25.3. The molecule has 1 N–H and O–H groups in total. The number of halogens is 2. The Balaban J connectivity index is 2.02. The van der Waals surface area contributed by atoms with Gasteiger partial charge in [-0.1, -0.05) is 0 Å². The first kappa shape index (κ1) is 12.2. The Morgan fingerprint density at radius 2 is 1.79 bits per heavy atom. The van der Waals surface area contributed by atoms with Gasteiger partial charge in [0.05, 0.1) is 6.04 Å². The third-order valence-electron chi connectivity index (χ3n) is 3.62. The molecule has 0 aromatic heterocycles. The molecule has 0 spiro atoms. The van der Waals surface area contributed by atoms with Gasteiger partial charge in [0.25, 0.3) is 0 Å². The van der Waals surface area contributed by atoms with Gasteiger partial charge in [0.2, 0.25) is 11.8 Å². The predicted molar refractivity (Wildman–Crippen MR) is 62.0 cm³/mol. The van der Waals surface area contributed by atoms with Crippen LogP contribution in [0.1, 0.15) is 24.4 Å². The summed E-state index contributed by atoms with van der Waals surface area (Å²) in [6.07, 6.45) is 1.45. The van der Waals surface area contributed by atoms with E-state index in [1.165, 1.54) is 0 Å². The van der Waals surface area contributed by atoms with Crippen LogP contribution in [-0.2, 0) is 9.59 Å². The molecular formula is C13H12F2N2O2. The molecule has 0 bridgehead atoms. The Labute approximate surface area is 108 Å². The highest BCUT2D eigenvalue weighted by atomic mass is 19.1. The summed E-state index contributed by atoms with van der Waals surface area (Å²) in [5.74, 6) is -2.30. The van der Waals surface area contributed by atoms with Gasteiger partial charge >= 0.3 is 0 Å². The van der Waals surface area contributed by atoms with Gasteiger partial charge in [0.1, 0.15) is 17.7 Å². The van der Waals surface area contributed by atoms with E-state index in [2.05, 4.69) is 5.32 Å². The minimum Gasteiger partial charge on any atom is -0.293 e. The van der Waals surface area contributed by atoms with Crippen LogP contribution in [0, 0.1) is 11.6 Å². The minimum atomic E-state index is -0.796. The summed E-state index contributed by atoms with van der Waals surface area (Å²) in [5.41, 5.74) is 0.245. The lowest BCUT2D eigenvalue weighted by Gasteiger charge is -2.35. The van der Waals surface area contributed by atoms with E-state index in [-0.39, 0.29) is 17.5 Å². The van der Waals surface area contributed by atoms with Crippen molar-refractivity contribution in [2.75, 3.05) is 6.54 Å². The number of imide groups is 1. The molecule has 1 aromatic carbocycles. The molecule has 2 saturated heterocycles. The quantitative estimate of drug-likeness (QED) is 0.775. The number of fused-ring (bicyclic) bond motifs is 1. The summed E-state index contributed by atoms with van der Waals surface area (Å²) >= 11 is 0. The normalized spacial score (nSPS) is 27.3. The molecule has 2 aliphatic heterocycles. The molecule has 19 heavy (non-hydrogen) atoms. The van der Waals surface area contributed by atoms with Crippen LogP contribution in [0.2, 0.25) is 0 Å². The first-order valence-corrected chi connectivity index (χ1v) is 6.13. The highest BCUT2D eigenvalue weighted by Crippen LogP contribution is 2.33. The average molecular weight is 266 g/mol. The Kier molecular flexibility index (Phi) is 2.82. The smallest absolute Gasteiger partial charge is 0.248 e. The van der Waals surface area contributed by atoms with Crippen LogP contribution in [-0.4, -0.2) is 29.3 Å². The molecule has 2 aliphatic rings. The molecule has 0 radical (unpaired) electrons. The molecule has 100 valence electrons. The van der Waals surface area contributed by atoms with Crippen molar-refractivity contribution in [3.05, 3.63) is 35.4 Å². The summed E-state index contributed by atoms with van der Waals surface area (Å²) in [6.45, 7) is 0.576. The zero-order valence-electron chi connectivity index (χ0n) is 10.0. The second kappa shape index (κ2) is 4.38. The molecule has 2 fully saturated rings. The second-order valence-electron chi connectivity index (χ2n) is 4.85. The monoisotopic (exact) mass is 266 g/mol. The lowest BCUT2D eigenvalue weighted by molar-refractivity contribution is -0.143. The Morgan fingerprint density at radius 3 is 2.47 bits per heavy atom. The number of amides is 2. The standard InChI is InChI=1S/C13H12F2N2O2/c14-8-4-7(5-9(15)6-8)11-13(19)16-12(18)10-2-1-3-17(10)11/h4-6,10-11H,1-3H2,(H,16,18,19)/t10-,11-/m0/s1. The first-order valence-electron chi connectivity index (χ1n) is 6.13. The fourth-order valence-electron chi connectivity index (χ4n) is 2.88. The molecular weight excluding hydrogens is 254 g/mol. The minimum absolute atomic E-state index is 0.245. The highest BCUT2D eigenvalue weighted by Gasteiger charge is 2.44. The van der Waals surface area contributed by atoms with Gasteiger partial charge in [-0.2, -0.15) is 0 Å².